The van der Waals surface area contributed by atoms with Gasteiger partial charge in [-0.25, -0.2) is 22.9 Å². The minimum absolute atomic E-state index is 0.101. The Labute approximate surface area is 243 Å². The third-order valence-corrected chi connectivity index (χ3v) is 7.77. The van der Waals surface area contributed by atoms with Gasteiger partial charge in [-0.05, 0) is 67.1 Å². The Bertz CT molecular complexity index is 1750. The number of nitrogens with zero attached hydrogens (tertiary/aromatic N) is 3. The van der Waals surface area contributed by atoms with E-state index in [-0.39, 0.29) is 23.2 Å². The molecular formula is C31H26F3N5O4. The normalized spacial score (nSPS) is 17.4. The molecule has 0 radical (unpaired) electrons. The standard InChI is InChI=1S/C31H26F3N5O4/c32-20-6-8-21(9-7-20)39-12-2-5-23(30(39)41)29(40)36-26-14-25(34)27(15-24(26)33)43-22-10-11-35-28(13-22)37-31(42)38-16-18-3-1-4-19(18)17-38/h2,5-15,18-19H,1,3-4,16-17H2,(H,36,40)(H,35,37,42). The number of ether oxygens (including phenoxy) is 1. The predicted octanol–water partition coefficient (Wildman–Crippen LogP) is 5.96. The van der Waals surface area contributed by atoms with Gasteiger partial charge in [0.15, 0.2) is 17.4 Å². The van der Waals surface area contributed by atoms with Gasteiger partial charge < -0.3 is 15.0 Å². The molecule has 0 bridgehead atoms. The second-order valence-corrected chi connectivity index (χ2v) is 10.6. The van der Waals surface area contributed by atoms with Gasteiger partial charge >= 0.3 is 6.03 Å². The van der Waals surface area contributed by atoms with Crippen molar-refractivity contribution >= 4 is 23.4 Å². The second-order valence-electron chi connectivity index (χ2n) is 10.6. The number of hydrogen-bond donors (Lipinski definition) is 2. The number of anilines is 2. The number of nitrogens with one attached hydrogen (secondary N) is 2. The first-order chi connectivity index (χ1) is 20.7. The number of pyridine rings is 2. The largest absolute Gasteiger partial charge is 0.454 e. The summed E-state index contributed by atoms with van der Waals surface area (Å²) in [7, 11) is 0. The van der Waals surface area contributed by atoms with Crippen molar-refractivity contribution in [2.75, 3.05) is 23.7 Å². The molecule has 2 aromatic carbocycles. The lowest BCUT2D eigenvalue weighted by molar-refractivity contribution is 0.102. The average Bonchev–Trinajstić information content (AvgIpc) is 3.60. The van der Waals surface area contributed by atoms with E-state index in [1.807, 2.05) is 0 Å². The zero-order valence-corrected chi connectivity index (χ0v) is 22.7. The van der Waals surface area contributed by atoms with E-state index in [1.165, 1.54) is 55.2 Å². The molecule has 2 atom stereocenters. The monoisotopic (exact) mass is 589 g/mol. The minimum Gasteiger partial charge on any atom is -0.454 e. The molecule has 220 valence electrons. The van der Waals surface area contributed by atoms with E-state index in [1.54, 1.807) is 4.90 Å². The highest BCUT2D eigenvalue weighted by molar-refractivity contribution is 6.04. The number of aromatic nitrogens is 2. The Kier molecular flexibility index (Phi) is 7.58. The van der Waals surface area contributed by atoms with Crippen LogP contribution in [-0.2, 0) is 0 Å². The zero-order valence-electron chi connectivity index (χ0n) is 22.7. The number of hydrogen-bond acceptors (Lipinski definition) is 5. The number of amides is 3. The summed E-state index contributed by atoms with van der Waals surface area (Å²) in [5.74, 6) is -2.57. The van der Waals surface area contributed by atoms with Crippen LogP contribution in [0.2, 0.25) is 0 Å². The number of carbonyl (C=O) groups is 2. The van der Waals surface area contributed by atoms with Crippen molar-refractivity contribution in [2.24, 2.45) is 11.8 Å². The van der Waals surface area contributed by atoms with Crippen LogP contribution in [0, 0.1) is 29.3 Å². The molecule has 4 aromatic rings. The summed E-state index contributed by atoms with van der Waals surface area (Å²) in [6.45, 7) is 1.41. The molecule has 1 aliphatic heterocycles. The van der Waals surface area contributed by atoms with Gasteiger partial charge in [0.25, 0.3) is 11.5 Å². The maximum Gasteiger partial charge on any atom is 0.323 e. The summed E-state index contributed by atoms with van der Waals surface area (Å²) >= 11 is 0. The van der Waals surface area contributed by atoms with Crippen LogP contribution in [0.1, 0.15) is 29.6 Å². The van der Waals surface area contributed by atoms with Crippen LogP contribution in [0.4, 0.5) is 29.5 Å². The quantitative estimate of drug-likeness (QED) is 0.289. The van der Waals surface area contributed by atoms with Crippen LogP contribution in [-0.4, -0.2) is 39.5 Å². The van der Waals surface area contributed by atoms with E-state index in [0.29, 0.717) is 30.6 Å². The highest BCUT2D eigenvalue weighted by atomic mass is 19.1. The fourth-order valence-corrected chi connectivity index (χ4v) is 5.62. The molecule has 0 spiro atoms. The molecular weight excluding hydrogens is 563 g/mol. The molecule has 3 amide bonds. The summed E-state index contributed by atoms with van der Waals surface area (Å²) in [5, 5.41) is 4.94. The molecule has 3 heterocycles. The number of fused-ring (bicyclic) bond motifs is 1. The van der Waals surface area contributed by atoms with Crippen molar-refractivity contribution in [1.29, 1.82) is 0 Å². The Morgan fingerprint density at radius 3 is 2.40 bits per heavy atom. The fraction of sp³-hybridized carbons (Fsp3) is 0.226. The number of halogens is 3. The molecule has 2 N–H and O–H groups in total. The number of rotatable bonds is 6. The first-order valence-corrected chi connectivity index (χ1v) is 13.7. The lowest BCUT2D eigenvalue weighted by Crippen LogP contribution is -2.33. The van der Waals surface area contributed by atoms with Crippen LogP contribution >= 0.6 is 0 Å². The average molecular weight is 590 g/mol. The summed E-state index contributed by atoms with van der Waals surface area (Å²) in [6, 6.07) is 11.7. The topological polar surface area (TPSA) is 106 Å². The van der Waals surface area contributed by atoms with Gasteiger partial charge in [0, 0.05) is 49.4 Å². The Morgan fingerprint density at radius 1 is 0.907 bits per heavy atom. The SMILES string of the molecule is O=C(Nc1cc(F)c(Oc2ccnc(NC(=O)N3CC4CCCC4C3)c2)cc1F)c1cccn(-c2ccc(F)cc2)c1=O. The number of benzene rings is 2. The molecule has 2 unspecified atom stereocenters. The van der Waals surface area contributed by atoms with Crippen molar-refractivity contribution in [3.05, 3.63) is 106 Å². The Balaban J connectivity index is 1.13. The molecule has 9 nitrogen and oxygen atoms in total. The van der Waals surface area contributed by atoms with Crippen molar-refractivity contribution in [3.63, 3.8) is 0 Å². The summed E-state index contributed by atoms with van der Waals surface area (Å²) in [5.41, 5.74) is -1.27. The summed E-state index contributed by atoms with van der Waals surface area (Å²) in [4.78, 5) is 44.3. The summed E-state index contributed by atoms with van der Waals surface area (Å²) < 4.78 is 49.8. The van der Waals surface area contributed by atoms with Crippen LogP contribution in [0.15, 0.2) is 77.9 Å². The van der Waals surface area contributed by atoms with E-state index >= 15 is 0 Å². The molecule has 1 aliphatic carbocycles. The fourth-order valence-electron chi connectivity index (χ4n) is 5.62. The van der Waals surface area contributed by atoms with E-state index in [9.17, 15) is 27.6 Å². The van der Waals surface area contributed by atoms with Crippen LogP contribution in [0.5, 0.6) is 11.5 Å². The number of likely N-dealkylation sites (tertiary alicyclic amines) is 1. The summed E-state index contributed by atoms with van der Waals surface area (Å²) in [6.07, 6.45) is 6.22. The van der Waals surface area contributed by atoms with Crippen molar-refractivity contribution in [2.45, 2.75) is 19.3 Å². The number of carbonyl (C=O) groups excluding carboxylic acids is 2. The smallest absolute Gasteiger partial charge is 0.323 e. The highest BCUT2D eigenvalue weighted by Gasteiger charge is 2.38. The Hall–Kier alpha value is -5.13. The molecule has 1 saturated carbocycles. The van der Waals surface area contributed by atoms with Crippen LogP contribution in [0.3, 0.4) is 0 Å². The van der Waals surface area contributed by atoms with E-state index < -0.39 is 40.4 Å². The first kappa shape index (κ1) is 28.0. The van der Waals surface area contributed by atoms with Crippen LogP contribution in [0.25, 0.3) is 5.69 Å². The van der Waals surface area contributed by atoms with Gasteiger partial charge in [-0.2, -0.15) is 0 Å². The highest BCUT2D eigenvalue weighted by Crippen LogP contribution is 2.38. The van der Waals surface area contributed by atoms with E-state index in [2.05, 4.69) is 15.6 Å². The molecule has 2 fully saturated rings. The molecule has 6 rings (SSSR count). The lowest BCUT2D eigenvalue weighted by atomic mass is 10.0. The van der Waals surface area contributed by atoms with Crippen LogP contribution < -0.4 is 20.9 Å². The van der Waals surface area contributed by atoms with E-state index in [4.69, 9.17) is 4.74 Å². The number of urea groups is 1. The predicted molar refractivity (Wildman–Crippen MR) is 152 cm³/mol. The molecule has 2 aromatic heterocycles. The Morgan fingerprint density at radius 2 is 1.65 bits per heavy atom. The zero-order chi connectivity index (χ0) is 30.1. The molecule has 1 saturated heterocycles. The second kappa shape index (κ2) is 11.6. The molecule has 43 heavy (non-hydrogen) atoms. The lowest BCUT2D eigenvalue weighted by Gasteiger charge is -2.18. The first-order valence-electron chi connectivity index (χ1n) is 13.7. The van der Waals surface area contributed by atoms with Gasteiger partial charge in [-0.3, -0.25) is 19.5 Å². The van der Waals surface area contributed by atoms with Gasteiger partial charge in [0.05, 0.1) is 5.69 Å². The van der Waals surface area contributed by atoms with E-state index in [0.717, 1.165) is 41.7 Å². The minimum atomic E-state index is -1.01. The van der Waals surface area contributed by atoms with Gasteiger partial charge in [0.2, 0.25) is 0 Å². The van der Waals surface area contributed by atoms with Gasteiger partial charge in [0.1, 0.15) is 22.9 Å². The maximum atomic E-state index is 15.0. The van der Waals surface area contributed by atoms with Gasteiger partial charge in [-0.15, -0.1) is 0 Å². The van der Waals surface area contributed by atoms with Crippen molar-refractivity contribution < 1.29 is 27.5 Å². The van der Waals surface area contributed by atoms with Gasteiger partial charge in [-0.1, -0.05) is 6.42 Å². The maximum absolute atomic E-state index is 15.0. The third-order valence-electron chi connectivity index (χ3n) is 7.77. The molecule has 12 heteroatoms. The van der Waals surface area contributed by atoms with Crippen molar-refractivity contribution in [3.8, 4) is 17.2 Å². The van der Waals surface area contributed by atoms with Crippen molar-refractivity contribution in [1.82, 2.24) is 14.5 Å². The molecule has 2 aliphatic rings. The third kappa shape index (κ3) is 5.94.